The molecule has 170 valence electrons. The summed E-state index contributed by atoms with van der Waals surface area (Å²) in [5.41, 5.74) is 5.42. The van der Waals surface area contributed by atoms with E-state index in [0.717, 1.165) is 19.0 Å². The van der Waals surface area contributed by atoms with Gasteiger partial charge in [0.1, 0.15) is 21.3 Å². The second kappa shape index (κ2) is 8.33. The van der Waals surface area contributed by atoms with Crippen LogP contribution in [0.5, 0.6) is 0 Å². The Hall–Kier alpha value is -2.71. The Morgan fingerprint density at radius 3 is 2.81 bits per heavy atom. The van der Waals surface area contributed by atoms with Crippen molar-refractivity contribution in [3.63, 3.8) is 0 Å². The van der Waals surface area contributed by atoms with Crippen LogP contribution in [-0.4, -0.2) is 43.1 Å². The van der Waals surface area contributed by atoms with Gasteiger partial charge in [-0.2, -0.15) is 13.9 Å². The van der Waals surface area contributed by atoms with Crippen molar-refractivity contribution in [1.82, 2.24) is 14.1 Å². The van der Waals surface area contributed by atoms with Gasteiger partial charge in [-0.3, -0.25) is 4.31 Å². The standard InChI is InChI=1S/C20H20ClF3N6OS/c1-20(12-32(31)26-8-2-3-9-30(32)19(25)27-20)14-10-13(4-6-16(14)22)5-7-17-15(21)11-29(28-17)18(23)24/h4,6,10-11,18H,2-3,8-9,12H2,1H3,(H2,25,27)/t20-,32?/m0/s1. The lowest BCUT2D eigenvalue weighted by Crippen LogP contribution is -2.52. The molecule has 0 saturated heterocycles. The fourth-order valence-corrected chi connectivity index (χ4v) is 6.40. The fourth-order valence-electron chi connectivity index (χ4n) is 3.72. The molecule has 3 heterocycles. The smallest absolute Gasteiger partial charge is 0.333 e. The molecule has 1 unspecified atom stereocenters. The maximum atomic E-state index is 14.9. The number of guanidine groups is 1. The average Bonchev–Trinajstić information content (AvgIpc) is 2.98. The number of aliphatic imine (C=N–C) groups is 1. The highest BCUT2D eigenvalue weighted by molar-refractivity contribution is 7.92. The maximum Gasteiger partial charge on any atom is 0.333 e. The molecule has 0 spiro atoms. The van der Waals surface area contributed by atoms with Crippen molar-refractivity contribution in [3.05, 3.63) is 52.1 Å². The zero-order valence-corrected chi connectivity index (χ0v) is 18.6. The summed E-state index contributed by atoms with van der Waals surface area (Å²) in [5.74, 6) is 4.88. The topological polar surface area (TPSA) is 88.9 Å². The van der Waals surface area contributed by atoms with Crippen LogP contribution in [0, 0.1) is 17.7 Å². The van der Waals surface area contributed by atoms with Gasteiger partial charge < -0.3 is 5.73 Å². The van der Waals surface area contributed by atoms with Crippen molar-refractivity contribution >= 4 is 27.5 Å². The molecule has 2 N–H and O–H groups in total. The molecule has 0 amide bonds. The molecular formula is C20H20ClF3N6OS. The molecule has 0 aliphatic carbocycles. The molecule has 32 heavy (non-hydrogen) atoms. The highest BCUT2D eigenvalue weighted by Crippen LogP contribution is 2.35. The Balaban J connectivity index is 1.73. The van der Waals surface area contributed by atoms with Gasteiger partial charge in [0.2, 0.25) is 5.96 Å². The van der Waals surface area contributed by atoms with E-state index in [1.807, 2.05) is 0 Å². The monoisotopic (exact) mass is 484 g/mol. The number of alkyl halides is 2. The van der Waals surface area contributed by atoms with Crippen molar-refractivity contribution in [2.45, 2.75) is 31.9 Å². The van der Waals surface area contributed by atoms with Crippen LogP contribution >= 0.6 is 11.6 Å². The molecule has 1 aromatic heterocycles. The average molecular weight is 485 g/mol. The summed E-state index contributed by atoms with van der Waals surface area (Å²) < 4.78 is 60.3. The Bertz CT molecular complexity index is 1270. The summed E-state index contributed by atoms with van der Waals surface area (Å²) in [7, 11) is -2.87. The Morgan fingerprint density at radius 2 is 2.09 bits per heavy atom. The number of hydrogen-bond acceptors (Lipinski definition) is 5. The number of benzene rings is 1. The molecule has 12 heteroatoms. The summed E-state index contributed by atoms with van der Waals surface area (Å²) in [6.07, 6.45) is 2.56. The molecule has 0 saturated carbocycles. The van der Waals surface area contributed by atoms with E-state index in [1.165, 1.54) is 22.5 Å². The molecule has 2 aromatic rings. The number of fused-ring (bicyclic) bond motifs is 1. The number of nitrogens with two attached hydrogens (primary N) is 1. The Morgan fingerprint density at radius 1 is 1.31 bits per heavy atom. The summed E-state index contributed by atoms with van der Waals surface area (Å²) in [6, 6.07) is 4.14. The molecular weight excluding hydrogens is 465 g/mol. The first-order valence-corrected chi connectivity index (χ1v) is 11.8. The van der Waals surface area contributed by atoms with Gasteiger partial charge in [0.15, 0.2) is 5.69 Å². The Labute approximate surface area is 188 Å². The summed E-state index contributed by atoms with van der Waals surface area (Å²) in [5, 5.41) is 3.61. The third kappa shape index (κ3) is 4.17. The van der Waals surface area contributed by atoms with Crippen LogP contribution in [0.25, 0.3) is 0 Å². The van der Waals surface area contributed by atoms with E-state index in [9.17, 15) is 17.4 Å². The van der Waals surface area contributed by atoms with Crippen LogP contribution in [0.1, 0.15) is 43.1 Å². The van der Waals surface area contributed by atoms with Gasteiger partial charge in [-0.25, -0.2) is 22.6 Å². The van der Waals surface area contributed by atoms with E-state index in [4.69, 9.17) is 17.3 Å². The van der Waals surface area contributed by atoms with Crippen LogP contribution in [0.4, 0.5) is 13.2 Å². The summed E-state index contributed by atoms with van der Waals surface area (Å²) in [6.45, 7) is -0.265. The van der Waals surface area contributed by atoms with Gasteiger partial charge in [0.05, 0.1) is 23.5 Å². The lowest BCUT2D eigenvalue weighted by Gasteiger charge is -2.38. The van der Waals surface area contributed by atoms with E-state index in [-0.39, 0.29) is 28.0 Å². The Kier molecular flexibility index (Phi) is 5.85. The minimum atomic E-state index is -2.87. The SMILES string of the molecule is C[C@@]1(c2cc(C#Cc3nn(C(F)F)cc3Cl)ccc2F)CS2(=O)=NCCCCN2C(N)=N1. The van der Waals surface area contributed by atoms with E-state index in [1.54, 1.807) is 6.92 Å². The van der Waals surface area contributed by atoms with E-state index < -0.39 is 27.8 Å². The minimum Gasteiger partial charge on any atom is -0.369 e. The highest BCUT2D eigenvalue weighted by Gasteiger charge is 2.42. The van der Waals surface area contributed by atoms with Crippen molar-refractivity contribution < 1.29 is 17.4 Å². The molecule has 2 aliphatic rings. The zero-order chi connectivity index (χ0) is 23.1. The van der Waals surface area contributed by atoms with Gasteiger partial charge >= 0.3 is 6.55 Å². The largest absolute Gasteiger partial charge is 0.369 e. The van der Waals surface area contributed by atoms with E-state index >= 15 is 0 Å². The minimum absolute atomic E-state index is 0.0148. The first-order valence-electron chi connectivity index (χ1n) is 9.80. The molecule has 2 atom stereocenters. The van der Waals surface area contributed by atoms with Gasteiger partial charge in [-0.05, 0) is 43.9 Å². The summed E-state index contributed by atoms with van der Waals surface area (Å²) in [4.78, 5) is 4.49. The van der Waals surface area contributed by atoms with Crippen molar-refractivity contribution in [2.24, 2.45) is 15.1 Å². The van der Waals surface area contributed by atoms with Gasteiger partial charge in [-0.1, -0.05) is 17.5 Å². The van der Waals surface area contributed by atoms with Crippen LogP contribution in [0.3, 0.4) is 0 Å². The van der Waals surface area contributed by atoms with Crippen LogP contribution in [0.15, 0.2) is 33.8 Å². The molecule has 0 bridgehead atoms. The normalized spacial score (nSPS) is 25.3. The predicted molar refractivity (Wildman–Crippen MR) is 116 cm³/mol. The third-order valence-electron chi connectivity index (χ3n) is 5.25. The molecule has 4 rings (SSSR count). The molecule has 7 nitrogen and oxygen atoms in total. The number of aromatic nitrogens is 2. The van der Waals surface area contributed by atoms with E-state index in [2.05, 4.69) is 26.3 Å². The first kappa shape index (κ1) is 22.5. The van der Waals surface area contributed by atoms with Gasteiger partial charge in [0, 0.05) is 17.7 Å². The van der Waals surface area contributed by atoms with Crippen LogP contribution in [0.2, 0.25) is 5.02 Å². The predicted octanol–water partition coefficient (Wildman–Crippen LogP) is 3.49. The number of hydrogen-bond donors (Lipinski definition) is 1. The number of halogens is 4. The molecule has 2 aliphatic heterocycles. The third-order valence-corrected chi connectivity index (χ3v) is 8.11. The summed E-state index contributed by atoms with van der Waals surface area (Å²) >= 11 is 5.91. The van der Waals surface area contributed by atoms with Gasteiger partial charge in [-0.15, -0.1) is 0 Å². The number of nitrogens with zero attached hydrogens (tertiary/aromatic N) is 5. The van der Waals surface area contributed by atoms with Crippen molar-refractivity contribution in [2.75, 3.05) is 18.8 Å². The lowest BCUT2D eigenvalue weighted by atomic mass is 9.92. The maximum absolute atomic E-state index is 14.9. The molecule has 1 aromatic carbocycles. The molecule has 0 radical (unpaired) electrons. The quantitative estimate of drug-likeness (QED) is 0.662. The number of rotatable bonds is 2. The van der Waals surface area contributed by atoms with Crippen molar-refractivity contribution in [3.8, 4) is 11.8 Å². The van der Waals surface area contributed by atoms with Crippen molar-refractivity contribution in [1.29, 1.82) is 0 Å². The van der Waals surface area contributed by atoms with Crippen LogP contribution in [-0.2, 0) is 15.5 Å². The van der Waals surface area contributed by atoms with Crippen LogP contribution < -0.4 is 5.73 Å². The second-order valence-corrected chi connectivity index (χ2v) is 10.3. The lowest BCUT2D eigenvalue weighted by molar-refractivity contribution is 0.0565. The second-order valence-electron chi connectivity index (χ2n) is 7.68. The highest BCUT2D eigenvalue weighted by atomic mass is 35.5. The zero-order valence-electron chi connectivity index (χ0n) is 17.1. The van der Waals surface area contributed by atoms with E-state index in [0.29, 0.717) is 23.3 Å². The fraction of sp³-hybridized carbons (Fsp3) is 0.400. The molecule has 0 fully saturated rings. The van der Waals surface area contributed by atoms with Gasteiger partial charge in [0.25, 0.3) is 0 Å². The first-order chi connectivity index (χ1) is 15.1.